The van der Waals surface area contributed by atoms with Crippen molar-refractivity contribution in [3.8, 4) is 5.75 Å². The number of likely N-dealkylation sites (tertiary alicyclic amines) is 1. The van der Waals surface area contributed by atoms with Crippen molar-refractivity contribution in [1.29, 1.82) is 0 Å². The number of ether oxygens (including phenoxy) is 1. The maximum absolute atomic E-state index is 12.5. The second-order valence-corrected chi connectivity index (χ2v) is 9.23. The third-order valence-corrected chi connectivity index (χ3v) is 6.78. The minimum Gasteiger partial charge on any atom is -0.497 e. The molecule has 0 saturated carbocycles. The SMILES string of the molecule is COc1ccc(S(=O)(=O)Nc2nc(CC(=O)N3CCC[C@H](C)C3)cs2)cc1. The zero-order valence-corrected chi connectivity index (χ0v) is 17.0. The van der Waals surface area contributed by atoms with Crippen molar-refractivity contribution < 1.29 is 17.9 Å². The number of sulfonamides is 1. The third kappa shape index (κ3) is 4.98. The fourth-order valence-corrected chi connectivity index (χ4v) is 5.01. The second kappa shape index (κ2) is 8.26. The van der Waals surface area contributed by atoms with Gasteiger partial charge >= 0.3 is 0 Å². The van der Waals surface area contributed by atoms with Gasteiger partial charge in [0.15, 0.2) is 5.13 Å². The summed E-state index contributed by atoms with van der Waals surface area (Å²) >= 11 is 1.17. The molecule has 2 heterocycles. The van der Waals surface area contributed by atoms with Crippen LogP contribution in [0.4, 0.5) is 5.13 Å². The fraction of sp³-hybridized carbons (Fsp3) is 0.444. The van der Waals surface area contributed by atoms with Crippen molar-refractivity contribution in [2.75, 3.05) is 24.9 Å². The Morgan fingerprint density at radius 2 is 2.11 bits per heavy atom. The largest absolute Gasteiger partial charge is 0.497 e. The van der Waals surface area contributed by atoms with Crippen molar-refractivity contribution in [2.24, 2.45) is 5.92 Å². The van der Waals surface area contributed by atoms with Crippen LogP contribution in [-0.4, -0.2) is 44.4 Å². The van der Waals surface area contributed by atoms with E-state index in [1.165, 1.54) is 30.6 Å². The predicted molar refractivity (Wildman–Crippen MR) is 105 cm³/mol. The van der Waals surface area contributed by atoms with Gasteiger partial charge in [0.05, 0.1) is 24.1 Å². The number of aromatic nitrogens is 1. The summed E-state index contributed by atoms with van der Waals surface area (Å²) in [5.74, 6) is 1.14. The molecule has 1 aromatic heterocycles. The van der Waals surface area contributed by atoms with Crippen LogP contribution in [0.15, 0.2) is 34.5 Å². The number of piperidine rings is 1. The lowest BCUT2D eigenvalue weighted by atomic mass is 10.00. The van der Waals surface area contributed by atoms with Crippen LogP contribution in [0.2, 0.25) is 0 Å². The van der Waals surface area contributed by atoms with Gasteiger partial charge in [0.1, 0.15) is 5.75 Å². The molecule has 0 bridgehead atoms. The summed E-state index contributed by atoms with van der Waals surface area (Å²) in [5, 5.41) is 1.97. The van der Waals surface area contributed by atoms with Gasteiger partial charge in [-0.15, -0.1) is 11.3 Å². The maximum atomic E-state index is 12.5. The normalized spacial score (nSPS) is 17.6. The van der Waals surface area contributed by atoms with Gasteiger partial charge in [0.25, 0.3) is 10.0 Å². The summed E-state index contributed by atoms with van der Waals surface area (Å²) in [7, 11) is -2.22. The fourth-order valence-electron chi connectivity index (χ4n) is 3.05. The first-order valence-corrected chi connectivity index (χ1v) is 11.1. The van der Waals surface area contributed by atoms with E-state index in [-0.39, 0.29) is 22.4 Å². The molecule has 27 heavy (non-hydrogen) atoms. The Hall–Kier alpha value is -2.13. The van der Waals surface area contributed by atoms with Crippen LogP contribution in [0.25, 0.3) is 0 Å². The van der Waals surface area contributed by atoms with Gasteiger partial charge < -0.3 is 9.64 Å². The quantitative estimate of drug-likeness (QED) is 0.792. The Morgan fingerprint density at radius 1 is 1.37 bits per heavy atom. The molecule has 1 N–H and O–H groups in total. The molecule has 0 spiro atoms. The molecule has 1 aliphatic rings. The van der Waals surface area contributed by atoms with E-state index in [4.69, 9.17) is 4.74 Å². The summed E-state index contributed by atoms with van der Waals surface area (Å²) in [5.41, 5.74) is 0.579. The molecule has 1 aliphatic heterocycles. The number of nitrogens with zero attached hydrogens (tertiary/aromatic N) is 2. The zero-order chi connectivity index (χ0) is 19.4. The van der Waals surface area contributed by atoms with Crippen LogP contribution in [0.1, 0.15) is 25.5 Å². The number of hydrogen-bond acceptors (Lipinski definition) is 6. The lowest BCUT2D eigenvalue weighted by Gasteiger charge is -2.30. The molecule has 2 aromatic rings. The van der Waals surface area contributed by atoms with E-state index >= 15 is 0 Å². The zero-order valence-electron chi connectivity index (χ0n) is 15.3. The van der Waals surface area contributed by atoms with E-state index in [0.29, 0.717) is 17.4 Å². The van der Waals surface area contributed by atoms with E-state index in [0.717, 1.165) is 25.9 Å². The van der Waals surface area contributed by atoms with Crippen LogP contribution in [0, 0.1) is 5.92 Å². The maximum Gasteiger partial charge on any atom is 0.263 e. The molecule has 0 unspecified atom stereocenters. The van der Waals surface area contributed by atoms with Gasteiger partial charge in [-0.1, -0.05) is 6.92 Å². The van der Waals surface area contributed by atoms with Gasteiger partial charge in [-0.2, -0.15) is 0 Å². The number of carbonyl (C=O) groups excluding carboxylic acids is 1. The van der Waals surface area contributed by atoms with Crippen LogP contribution in [0.5, 0.6) is 5.75 Å². The van der Waals surface area contributed by atoms with Crippen molar-refractivity contribution >= 4 is 32.4 Å². The number of thiazole rings is 1. The van der Waals surface area contributed by atoms with Crippen LogP contribution >= 0.6 is 11.3 Å². The number of nitrogens with one attached hydrogen (secondary N) is 1. The van der Waals surface area contributed by atoms with Crippen LogP contribution < -0.4 is 9.46 Å². The molecule has 0 aliphatic carbocycles. The molecule has 1 amide bonds. The predicted octanol–water partition coefficient (Wildman–Crippen LogP) is 2.75. The molecule has 146 valence electrons. The Morgan fingerprint density at radius 3 is 2.78 bits per heavy atom. The first-order chi connectivity index (χ1) is 12.9. The molecule has 1 saturated heterocycles. The first kappa shape index (κ1) is 19.6. The molecule has 1 atom stereocenters. The summed E-state index contributed by atoms with van der Waals surface area (Å²) < 4.78 is 32.4. The molecule has 9 heteroatoms. The highest BCUT2D eigenvalue weighted by Crippen LogP contribution is 2.23. The number of hydrogen-bond donors (Lipinski definition) is 1. The van der Waals surface area contributed by atoms with E-state index in [9.17, 15) is 13.2 Å². The monoisotopic (exact) mass is 409 g/mol. The summed E-state index contributed by atoms with van der Waals surface area (Å²) in [4.78, 5) is 18.7. The van der Waals surface area contributed by atoms with Crippen molar-refractivity contribution in [3.63, 3.8) is 0 Å². The molecule has 3 rings (SSSR count). The number of rotatable bonds is 6. The highest BCUT2D eigenvalue weighted by Gasteiger charge is 2.22. The average Bonchev–Trinajstić information content (AvgIpc) is 3.07. The van der Waals surface area contributed by atoms with Crippen LogP contribution in [-0.2, 0) is 21.2 Å². The van der Waals surface area contributed by atoms with E-state index in [1.807, 2.05) is 4.90 Å². The summed E-state index contributed by atoms with van der Waals surface area (Å²) in [6.07, 6.45) is 2.36. The number of amides is 1. The molecular weight excluding hydrogens is 386 g/mol. The average molecular weight is 410 g/mol. The lowest BCUT2D eigenvalue weighted by Crippen LogP contribution is -2.39. The standard InChI is InChI=1S/C18H23N3O4S2/c1-13-4-3-9-21(11-13)17(22)10-14-12-26-18(19-14)20-27(23,24)16-7-5-15(25-2)6-8-16/h5-8,12-13H,3-4,9-11H2,1-2H3,(H,19,20)/t13-/m0/s1. The molecule has 7 nitrogen and oxygen atoms in total. The van der Waals surface area contributed by atoms with E-state index in [1.54, 1.807) is 17.5 Å². The topological polar surface area (TPSA) is 88.6 Å². The smallest absolute Gasteiger partial charge is 0.263 e. The van der Waals surface area contributed by atoms with Gasteiger partial charge in [-0.3, -0.25) is 9.52 Å². The summed E-state index contributed by atoms with van der Waals surface area (Å²) in [6.45, 7) is 3.71. The highest BCUT2D eigenvalue weighted by atomic mass is 32.2. The minimum absolute atomic E-state index is 0.0383. The Balaban J connectivity index is 1.63. The molecular formula is C18H23N3O4S2. The first-order valence-electron chi connectivity index (χ1n) is 8.76. The van der Waals surface area contributed by atoms with Crippen molar-refractivity contribution in [3.05, 3.63) is 35.3 Å². The molecule has 1 fully saturated rings. The summed E-state index contributed by atoms with van der Waals surface area (Å²) in [6, 6.07) is 6.10. The Kier molecular flexibility index (Phi) is 6.01. The van der Waals surface area contributed by atoms with E-state index < -0.39 is 10.0 Å². The second-order valence-electron chi connectivity index (χ2n) is 6.69. The Bertz CT molecular complexity index is 894. The van der Waals surface area contributed by atoms with Crippen molar-refractivity contribution in [1.82, 2.24) is 9.88 Å². The van der Waals surface area contributed by atoms with Crippen molar-refractivity contribution in [2.45, 2.75) is 31.1 Å². The minimum atomic E-state index is -3.73. The van der Waals surface area contributed by atoms with Gasteiger partial charge in [-0.05, 0) is 43.0 Å². The van der Waals surface area contributed by atoms with Gasteiger partial charge in [0.2, 0.25) is 5.91 Å². The van der Waals surface area contributed by atoms with Gasteiger partial charge in [-0.25, -0.2) is 13.4 Å². The number of benzene rings is 1. The number of methoxy groups -OCH3 is 1. The Labute approximate surface area is 163 Å². The number of carbonyl (C=O) groups is 1. The third-order valence-electron chi connectivity index (χ3n) is 4.49. The molecule has 1 aromatic carbocycles. The number of anilines is 1. The lowest BCUT2D eigenvalue weighted by molar-refractivity contribution is -0.132. The van der Waals surface area contributed by atoms with E-state index in [2.05, 4.69) is 16.6 Å². The highest BCUT2D eigenvalue weighted by molar-refractivity contribution is 7.93. The van der Waals surface area contributed by atoms with Crippen LogP contribution in [0.3, 0.4) is 0 Å². The van der Waals surface area contributed by atoms with Gasteiger partial charge in [0, 0.05) is 18.5 Å². The molecule has 0 radical (unpaired) electrons.